The second-order valence-corrected chi connectivity index (χ2v) is 6.70. The molecular formula is C18H23ClN2O4. The van der Waals surface area contributed by atoms with Crippen LogP contribution in [-0.4, -0.2) is 55.3 Å². The van der Waals surface area contributed by atoms with Gasteiger partial charge in [-0.3, -0.25) is 9.69 Å². The van der Waals surface area contributed by atoms with Gasteiger partial charge in [0.15, 0.2) is 17.1 Å². The molecule has 3 rings (SSSR count). The molecule has 0 aliphatic carbocycles. The normalized spacial score (nSPS) is 18.4. The van der Waals surface area contributed by atoms with Gasteiger partial charge >= 0.3 is 0 Å². The molecule has 1 aromatic heterocycles. The van der Waals surface area contributed by atoms with Crippen LogP contribution in [0.15, 0.2) is 22.6 Å². The van der Waals surface area contributed by atoms with Gasteiger partial charge in [0.25, 0.3) is 5.91 Å². The monoisotopic (exact) mass is 366 g/mol. The first-order chi connectivity index (χ1) is 12.1. The average molecular weight is 367 g/mol. The van der Waals surface area contributed by atoms with Gasteiger partial charge in [0, 0.05) is 35.6 Å². The summed E-state index contributed by atoms with van der Waals surface area (Å²) in [5, 5.41) is 13.6. The van der Waals surface area contributed by atoms with E-state index in [2.05, 4.69) is 10.2 Å². The van der Waals surface area contributed by atoms with Crippen molar-refractivity contribution in [2.45, 2.75) is 25.3 Å². The molecule has 1 aromatic carbocycles. The lowest BCUT2D eigenvalue weighted by molar-refractivity contribution is 0.0836. The Bertz CT molecular complexity index is 746. The standard InChI is InChI=1S/C18H23ClN2O4/c1-24-15-10-13(19)8-12-9-16(25-17(12)15)18(23)20-5-7-21-6-3-2-4-14(21)11-22/h8-10,14,22H,2-7,11H2,1H3,(H,20,23)/t14-/m0/s1. The van der Waals surface area contributed by atoms with Crippen LogP contribution in [0.4, 0.5) is 0 Å². The third kappa shape index (κ3) is 4.08. The molecule has 6 nitrogen and oxygen atoms in total. The fraction of sp³-hybridized carbons (Fsp3) is 0.500. The lowest BCUT2D eigenvalue weighted by Crippen LogP contribution is -2.45. The number of furan rings is 1. The minimum atomic E-state index is -0.271. The molecule has 25 heavy (non-hydrogen) atoms. The Morgan fingerprint density at radius 1 is 1.44 bits per heavy atom. The summed E-state index contributed by atoms with van der Waals surface area (Å²) in [5.41, 5.74) is 0.508. The maximum atomic E-state index is 12.3. The number of carbonyl (C=O) groups is 1. The number of likely N-dealkylation sites (tertiary alicyclic amines) is 1. The van der Waals surface area contributed by atoms with Crippen molar-refractivity contribution >= 4 is 28.5 Å². The minimum Gasteiger partial charge on any atom is -0.493 e. The van der Waals surface area contributed by atoms with Crippen LogP contribution in [0.5, 0.6) is 5.75 Å². The summed E-state index contributed by atoms with van der Waals surface area (Å²) >= 11 is 6.04. The maximum Gasteiger partial charge on any atom is 0.287 e. The number of halogens is 1. The smallest absolute Gasteiger partial charge is 0.287 e. The van der Waals surface area contributed by atoms with Crippen LogP contribution in [0.1, 0.15) is 29.8 Å². The summed E-state index contributed by atoms with van der Waals surface area (Å²) < 4.78 is 10.9. The number of fused-ring (bicyclic) bond motifs is 1. The number of hydrogen-bond acceptors (Lipinski definition) is 5. The number of methoxy groups -OCH3 is 1. The Morgan fingerprint density at radius 2 is 2.28 bits per heavy atom. The van der Waals surface area contributed by atoms with E-state index in [1.54, 1.807) is 18.2 Å². The Balaban J connectivity index is 1.62. The number of ether oxygens (including phenoxy) is 1. The average Bonchev–Trinajstić information content (AvgIpc) is 3.05. The number of amides is 1. The van der Waals surface area contributed by atoms with Gasteiger partial charge < -0.3 is 19.6 Å². The second-order valence-electron chi connectivity index (χ2n) is 6.26. The summed E-state index contributed by atoms with van der Waals surface area (Å²) in [6.45, 7) is 2.34. The topological polar surface area (TPSA) is 74.9 Å². The fourth-order valence-electron chi connectivity index (χ4n) is 3.31. The molecule has 1 atom stereocenters. The van der Waals surface area contributed by atoms with E-state index in [-0.39, 0.29) is 24.3 Å². The molecule has 1 fully saturated rings. The molecule has 2 aromatic rings. The zero-order valence-corrected chi connectivity index (χ0v) is 15.0. The molecule has 1 amide bonds. The Labute approximate surface area is 151 Å². The van der Waals surface area contributed by atoms with E-state index in [4.69, 9.17) is 20.8 Å². The SMILES string of the molecule is COc1cc(Cl)cc2cc(C(=O)NCCN3CCCC[C@H]3CO)oc12. The predicted octanol–water partition coefficient (Wildman–Crippen LogP) is 2.67. The molecule has 1 saturated heterocycles. The summed E-state index contributed by atoms with van der Waals surface area (Å²) in [7, 11) is 1.53. The van der Waals surface area contributed by atoms with E-state index in [9.17, 15) is 9.90 Å². The van der Waals surface area contributed by atoms with Crippen LogP contribution in [0.3, 0.4) is 0 Å². The molecule has 7 heteroatoms. The zero-order valence-electron chi connectivity index (χ0n) is 14.3. The second kappa shape index (κ2) is 8.08. The lowest BCUT2D eigenvalue weighted by Gasteiger charge is -2.34. The molecule has 2 N–H and O–H groups in total. The number of carbonyl (C=O) groups excluding carboxylic acids is 1. The van der Waals surface area contributed by atoms with Crippen LogP contribution in [0, 0.1) is 0 Å². The number of hydrogen-bond donors (Lipinski definition) is 2. The van der Waals surface area contributed by atoms with Gasteiger partial charge in [0.2, 0.25) is 0 Å². The van der Waals surface area contributed by atoms with Crippen LogP contribution in [0.25, 0.3) is 11.0 Å². The Morgan fingerprint density at radius 3 is 3.04 bits per heavy atom. The molecule has 1 aliphatic heterocycles. The number of benzene rings is 1. The van der Waals surface area contributed by atoms with Crippen molar-refractivity contribution in [1.29, 1.82) is 0 Å². The van der Waals surface area contributed by atoms with Crippen molar-refractivity contribution in [2.24, 2.45) is 0 Å². The fourth-order valence-corrected chi connectivity index (χ4v) is 3.53. The van der Waals surface area contributed by atoms with Gasteiger partial charge in [0.1, 0.15) is 0 Å². The number of piperidine rings is 1. The van der Waals surface area contributed by atoms with E-state index in [1.165, 1.54) is 7.11 Å². The number of rotatable bonds is 6. The van der Waals surface area contributed by atoms with Crippen LogP contribution >= 0.6 is 11.6 Å². The number of aliphatic hydroxyl groups excluding tert-OH is 1. The molecule has 0 radical (unpaired) electrons. The first kappa shape index (κ1) is 18.0. The highest BCUT2D eigenvalue weighted by atomic mass is 35.5. The predicted molar refractivity (Wildman–Crippen MR) is 96.4 cm³/mol. The summed E-state index contributed by atoms with van der Waals surface area (Å²) in [6, 6.07) is 5.25. The lowest BCUT2D eigenvalue weighted by atomic mass is 10.0. The maximum absolute atomic E-state index is 12.3. The van der Waals surface area contributed by atoms with Gasteiger partial charge in [-0.05, 0) is 31.5 Å². The van der Waals surface area contributed by atoms with Gasteiger partial charge in [-0.25, -0.2) is 0 Å². The third-order valence-corrected chi connectivity index (χ3v) is 4.85. The van der Waals surface area contributed by atoms with Crippen LogP contribution in [0.2, 0.25) is 5.02 Å². The van der Waals surface area contributed by atoms with Crippen molar-refractivity contribution in [3.05, 3.63) is 29.0 Å². The zero-order chi connectivity index (χ0) is 17.8. The molecular weight excluding hydrogens is 344 g/mol. The molecule has 136 valence electrons. The summed E-state index contributed by atoms with van der Waals surface area (Å²) in [4.78, 5) is 14.6. The van der Waals surface area contributed by atoms with Crippen molar-refractivity contribution in [3.63, 3.8) is 0 Å². The highest BCUT2D eigenvalue weighted by Gasteiger charge is 2.21. The van der Waals surface area contributed by atoms with Crippen LogP contribution < -0.4 is 10.1 Å². The summed E-state index contributed by atoms with van der Waals surface area (Å²) in [5.74, 6) is 0.459. The first-order valence-corrected chi connectivity index (χ1v) is 8.90. The molecule has 2 heterocycles. The van der Waals surface area contributed by atoms with Crippen molar-refractivity contribution in [3.8, 4) is 5.75 Å². The van der Waals surface area contributed by atoms with Crippen molar-refractivity contribution < 1.29 is 19.1 Å². The van der Waals surface area contributed by atoms with Crippen molar-refractivity contribution in [1.82, 2.24) is 10.2 Å². The third-order valence-electron chi connectivity index (χ3n) is 4.64. The molecule has 1 aliphatic rings. The van der Waals surface area contributed by atoms with E-state index >= 15 is 0 Å². The van der Waals surface area contributed by atoms with Crippen molar-refractivity contribution in [2.75, 3.05) is 33.4 Å². The van der Waals surface area contributed by atoms with E-state index in [0.29, 0.717) is 29.4 Å². The molecule has 0 saturated carbocycles. The van der Waals surface area contributed by atoms with Gasteiger partial charge in [-0.2, -0.15) is 0 Å². The van der Waals surface area contributed by atoms with Crippen LogP contribution in [-0.2, 0) is 0 Å². The minimum absolute atomic E-state index is 0.165. The quantitative estimate of drug-likeness (QED) is 0.822. The van der Waals surface area contributed by atoms with Gasteiger partial charge in [0.05, 0.1) is 13.7 Å². The number of nitrogens with zero attached hydrogens (tertiary/aromatic N) is 1. The molecule has 0 unspecified atom stereocenters. The van der Waals surface area contributed by atoms with E-state index in [0.717, 1.165) is 31.2 Å². The molecule has 0 bridgehead atoms. The highest BCUT2D eigenvalue weighted by molar-refractivity contribution is 6.31. The molecule has 0 spiro atoms. The highest BCUT2D eigenvalue weighted by Crippen LogP contribution is 2.32. The van der Waals surface area contributed by atoms with E-state index in [1.807, 2.05) is 0 Å². The first-order valence-electron chi connectivity index (χ1n) is 8.52. The largest absolute Gasteiger partial charge is 0.493 e. The Kier molecular flexibility index (Phi) is 5.83. The number of aliphatic hydroxyl groups is 1. The van der Waals surface area contributed by atoms with E-state index < -0.39 is 0 Å². The van der Waals surface area contributed by atoms with Gasteiger partial charge in [-0.15, -0.1) is 0 Å². The van der Waals surface area contributed by atoms with Gasteiger partial charge in [-0.1, -0.05) is 18.0 Å². The number of nitrogens with one attached hydrogen (secondary N) is 1. The Hall–Kier alpha value is -1.76. The summed E-state index contributed by atoms with van der Waals surface area (Å²) in [6.07, 6.45) is 3.29.